The van der Waals surface area contributed by atoms with Crippen LogP contribution < -0.4 is 5.32 Å². The van der Waals surface area contributed by atoms with E-state index in [1.54, 1.807) is 0 Å². The molecule has 2 rings (SSSR count). The molecule has 5 heteroatoms. The van der Waals surface area contributed by atoms with Crippen LogP contribution in [0.2, 0.25) is 0 Å². The molecule has 1 aliphatic carbocycles. The summed E-state index contributed by atoms with van der Waals surface area (Å²) in [5, 5.41) is 42.3. The summed E-state index contributed by atoms with van der Waals surface area (Å²) < 4.78 is 0. The van der Waals surface area contributed by atoms with Crippen LogP contribution in [0.4, 0.5) is 5.69 Å². The lowest BCUT2D eigenvalue weighted by Gasteiger charge is -2.40. The smallest absolute Gasteiger partial charge is 0.108 e. The monoisotopic (exact) mass is 281 g/mol. The van der Waals surface area contributed by atoms with E-state index in [4.69, 9.17) is 0 Å². The van der Waals surface area contributed by atoms with E-state index in [-0.39, 0.29) is 6.61 Å². The molecule has 0 spiro atoms. The van der Waals surface area contributed by atoms with E-state index in [1.807, 2.05) is 31.2 Å². The molecule has 1 aromatic carbocycles. The van der Waals surface area contributed by atoms with Gasteiger partial charge >= 0.3 is 0 Å². The molecule has 112 valence electrons. The fourth-order valence-electron chi connectivity index (χ4n) is 2.82. The molecule has 5 atom stereocenters. The van der Waals surface area contributed by atoms with Crippen molar-refractivity contribution < 1.29 is 20.4 Å². The van der Waals surface area contributed by atoms with Gasteiger partial charge < -0.3 is 25.7 Å². The molecule has 0 radical (unpaired) electrons. The van der Waals surface area contributed by atoms with Crippen molar-refractivity contribution in [1.82, 2.24) is 0 Å². The average Bonchev–Trinajstić information content (AvgIpc) is 2.48. The quantitative estimate of drug-likeness (QED) is 0.541. The zero-order chi connectivity index (χ0) is 14.7. The molecule has 0 amide bonds. The third-order valence-corrected chi connectivity index (χ3v) is 4.13. The zero-order valence-electron chi connectivity index (χ0n) is 11.6. The van der Waals surface area contributed by atoms with Gasteiger partial charge in [0, 0.05) is 18.2 Å². The van der Waals surface area contributed by atoms with E-state index in [2.05, 4.69) is 5.32 Å². The summed E-state index contributed by atoms with van der Waals surface area (Å²) in [6.45, 7) is 1.84. The summed E-state index contributed by atoms with van der Waals surface area (Å²) >= 11 is 0. The van der Waals surface area contributed by atoms with Gasteiger partial charge in [-0.15, -0.1) is 0 Å². The standard InChI is InChI=1S/C15H23NO4/c1-2-9-5-3-4-6-11(9)16-12-7-10(8-17)13(18)15(20)14(12)19/h3-6,10,12-20H,2,7-8H2,1H3/t10-,12-,13-,14+,15+/m1/s1. The van der Waals surface area contributed by atoms with Crippen molar-refractivity contribution in [3.8, 4) is 0 Å². The van der Waals surface area contributed by atoms with Crippen molar-refractivity contribution in [3.63, 3.8) is 0 Å². The molecule has 5 nitrogen and oxygen atoms in total. The van der Waals surface area contributed by atoms with Crippen LogP contribution in [0.5, 0.6) is 0 Å². The molecule has 1 fully saturated rings. The Morgan fingerprint density at radius 2 is 1.80 bits per heavy atom. The molecule has 1 aromatic rings. The van der Waals surface area contributed by atoms with Crippen LogP contribution in [-0.2, 0) is 6.42 Å². The number of aryl methyl sites for hydroxylation is 1. The number of nitrogens with one attached hydrogen (secondary N) is 1. The van der Waals surface area contributed by atoms with Crippen LogP contribution in [0.25, 0.3) is 0 Å². The Balaban J connectivity index is 2.15. The first-order valence-corrected chi connectivity index (χ1v) is 7.08. The third kappa shape index (κ3) is 2.96. The minimum atomic E-state index is -1.24. The summed E-state index contributed by atoms with van der Waals surface area (Å²) in [4.78, 5) is 0. The minimum absolute atomic E-state index is 0.210. The lowest BCUT2D eigenvalue weighted by molar-refractivity contribution is -0.122. The summed E-state index contributed by atoms with van der Waals surface area (Å²) in [5.74, 6) is -0.431. The van der Waals surface area contributed by atoms with Crippen molar-refractivity contribution in [2.75, 3.05) is 11.9 Å². The van der Waals surface area contributed by atoms with Crippen LogP contribution in [0.15, 0.2) is 24.3 Å². The van der Waals surface area contributed by atoms with Crippen LogP contribution in [0.1, 0.15) is 18.9 Å². The van der Waals surface area contributed by atoms with E-state index in [0.29, 0.717) is 6.42 Å². The Kier molecular flexibility index (Phi) is 4.99. The summed E-state index contributed by atoms with van der Waals surface area (Å²) in [7, 11) is 0. The SMILES string of the molecule is CCc1ccccc1N[C@@H]1C[C@H](CO)[C@@H](O)[C@H](O)[C@H]1O. The van der Waals surface area contributed by atoms with Gasteiger partial charge in [0.25, 0.3) is 0 Å². The average molecular weight is 281 g/mol. The molecular weight excluding hydrogens is 258 g/mol. The van der Waals surface area contributed by atoms with Gasteiger partial charge in [0.15, 0.2) is 0 Å². The second kappa shape index (κ2) is 6.54. The van der Waals surface area contributed by atoms with Crippen molar-refractivity contribution >= 4 is 5.69 Å². The topological polar surface area (TPSA) is 93.0 Å². The molecule has 0 aromatic heterocycles. The largest absolute Gasteiger partial charge is 0.396 e. The fourth-order valence-corrected chi connectivity index (χ4v) is 2.82. The van der Waals surface area contributed by atoms with Gasteiger partial charge in [-0.3, -0.25) is 0 Å². The summed E-state index contributed by atoms with van der Waals surface area (Å²) in [6.07, 6.45) is -2.12. The molecule has 0 aliphatic heterocycles. The molecule has 20 heavy (non-hydrogen) atoms. The summed E-state index contributed by atoms with van der Waals surface area (Å²) in [5.41, 5.74) is 2.04. The zero-order valence-corrected chi connectivity index (χ0v) is 11.6. The maximum absolute atomic E-state index is 10.1. The highest BCUT2D eigenvalue weighted by molar-refractivity contribution is 5.52. The Hall–Kier alpha value is -1.14. The van der Waals surface area contributed by atoms with Crippen LogP contribution in [0, 0.1) is 5.92 Å². The Bertz CT molecular complexity index is 438. The number of aliphatic hydroxyl groups excluding tert-OH is 4. The van der Waals surface area contributed by atoms with Crippen LogP contribution >= 0.6 is 0 Å². The number of aliphatic hydroxyl groups is 4. The van der Waals surface area contributed by atoms with Gasteiger partial charge in [0.05, 0.1) is 12.1 Å². The Morgan fingerprint density at radius 1 is 1.10 bits per heavy atom. The first kappa shape index (κ1) is 15.3. The highest BCUT2D eigenvalue weighted by atomic mass is 16.4. The van der Waals surface area contributed by atoms with Crippen LogP contribution in [0.3, 0.4) is 0 Å². The first-order valence-electron chi connectivity index (χ1n) is 7.08. The lowest BCUT2D eigenvalue weighted by Crippen LogP contribution is -2.56. The Morgan fingerprint density at radius 3 is 2.45 bits per heavy atom. The molecule has 1 aliphatic rings. The Labute approximate surface area is 118 Å². The lowest BCUT2D eigenvalue weighted by atomic mass is 9.79. The number of hydrogen-bond acceptors (Lipinski definition) is 5. The molecule has 0 saturated heterocycles. The predicted octanol–water partition coefficient (Wildman–Crippen LogP) is 0.124. The number of anilines is 1. The first-order chi connectivity index (χ1) is 9.58. The van der Waals surface area contributed by atoms with Gasteiger partial charge in [0.1, 0.15) is 12.2 Å². The number of para-hydroxylation sites is 1. The predicted molar refractivity (Wildman–Crippen MR) is 76.4 cm³/mol. The second-order valence-corrected chi connectivity index (χ2v) is 5.41. The molecule has 5 N–H and O–H groups in total. The number of rotatable bonds is 4. The van der Waals surface area contributed by atoms with Crippen molar-refractivity contribution in [2.24, 2.45) is 5.92 Å². The maximum Gasteiger partial charge on any atom is 0.108 e. The summed E-state index contributed by atoms with van der Waals surface area (Å²) in [6, 6.07) is 7.41. The molecule has 1 saturated carbocycles. The molecule has 0 unspecified atom stereocenters. The van der Waals surface area contributed by atoms with E-state index in [9.17, 15) is 20.4 Å². The second-order valence-electron chi connectivity index (χ2n) is 5.41. The molecule has 0 heterocycles. The number of benzene rings is 1. The van der Waals surface area contributed by atoms with Crippen molar-refractivity contribution in [3.05, 3.63) is 29.8 Å². The van der Waals surface area contributed by atoms with E-state index >= 15 is 0 Å². The molecule has 0 bridgehead atoms. The van der Waals surface area contributed by atoms with Gasteiger partial charge in [0.2, 0.25) is 0 Å². The van der Waals surface area contributed by atoms with Gasteiger partial charge in [-0.25, -0.2) is 0 Å². The normalized spacial score (nSPS) is 34.0. The fraction of sp³-hybridized carbons (Fsp3) is 0.600. The van der Waals surface area contributed by atoms with E-state index in [0.717, 1.165) is 17.7 Å². The number of hydrogen-bond donors (Lipinski definition) is 5. The van der Waals surface area contributed by atoms with Gasteiger partial charge in [-0.1, -0.05) is 25.1 Å². The minimum Gasteiger partial charge on any atom is -0.396 e. The third-order valence-electron chi connectivity index (χ3n) is 4.13. The van der Waals surface area contributed by atoms with Gasteiger partial charge in [-0.2, -0.15) is 0 Å². The van der Waals surface area contributed by atoms with E-state index in [1.165, 1.54) is 0 Å². The molecular formula is C15H23NO4. The van der Waals surface area contributed by atoms with E-state index < -0.39 is 30.3 Å². The van der Waals surface area contributed by atoms with Crippen LogP contribution in [-0.4, -0.2) is 51.4 Å². The maximum atomic E-state index is 10.1. The highest BCUT2D eigenvalue weighted by Crippen LogP contribution is 2.29. The van der Waals surface area contributed by atoms with Crippen molar-refractivity contribution in [1.29, 1.82) is 0 Å². The highest BCUT2D eigenvalue weighted by Gasteiger charge is 2.42. The van der Waals surface area contributed by atoms with Gasteiger partial charge in [-0.05, 0) is 24.5 Å². The van der Waals surface area contributed by atoms with Crippen molar-refractivity contribution in [2.45, 2.75) is 44.1 Å².